The number of halogens is 1. The predicted molar refractivity (Wildman–Crippen MR) is 54.7 cm³/mol. The molecule has 6 heteroatoms. The van der Waals surface area contributed by atoms with Crippen molar-refractivity contribution in [2.75, 3.05) is 6.54 Å². The highest BCUT2D eigenvalue weighted by atomic mass is 19.1. The van der Waals surface area contributed by atoms with Crippen molar-refractivity contribution >= 4 is 5.69 Å². The third kappa shape index (κ3) is 1.83. The Kier molecular flexibility index (Phi) is 2.74. The first kappa shape index (κ1) is 10.8. The standard InChI is InChI=1S/C10H11FN2O3/c11-8-5-6(13(15)16)4-7(10(8)14)9-2-1-3-12-9/h4-5,9,12,14H,1-3H2. The van der Waals surface area contributed by atoms with Crippen molar-refractivity contribution in [3.8, 4) is 5.75 Å². The zero-order valence-electron chi connectivity index (χ0n) is 8.44. The van der Waals surface area contributed by atoms with E-state index >= 15 is 0 Å². The minimum Gasteiger partial charge on any atom is -0.505 e. The Labute approximate surface area is 91.0 Å². The maximum absolute atomic E-state index is 13.3. The van der Waals surface area contributed by atoms with Crippen molar-refractivity contribution in [1.82, 2.24) is 5.32 Å². The number of benzene rings is 1. The van der Waals surface area contributed by atoms with Crippen LogP contribution in [0.15, 0.2) is 12.1 Å². The summed E-state index contributed by atoms with van der Waals surface area (Å²) in [6, 6.07) is 1.75. The van der Waals surface area contributed by atoms with Crippen molar-refractivity contribution in [2.24, 2.45) is 0 Å². The number of rotatable bonds is 2. The van der Waals surface area contributed by atoms with Gasteiger partial charge >= 0.3 is 0 Å². The molecule has 1 unspecified atom stereocenters. The van der Waals surface area contributed by atoms with Crippen LogP contribution in [0.1, 0.15) is 24.4 Å². The van der Waals surface area contributed by atoms with Crippen molar-refractivity contribution < 1.29 is 14.4 Å². The normalized spacial score (nSPS) is 19.9. The monoisotopic (exact) mass is 226 g/mol. The van der Waals surface area contributed by atoms with E-state index in [0.717, 1.165) is 25.5 Å². The molecule has 0 bridgehead atoms. The zero-order valence-corrected chi connectivity index (χ0v) is 8.44. The Morgan fingerprint density at radius 1 is 1.56 bits per heavy atom. The summed E-state index contributed by atoms with van der Waals surface area (Å²) in [6.45, 7) is 0.772. The molecule has 0 amide bonds. The second-order valence-corrected chi connectivity index (χ2v) is 3.77. The molecule has 0 aliphatic carbocycles. The third-order valence-electron chi connectivity index (χ3n) is 2.72. The van der Waals surface area contributed by atoms with E-state index in [9.17, 15) is 19.6 Å². The molecule has 1 aliphatic rings. The third-order valence-corrected chi connectivity index (χ3v) is 2.72. The lowest BCUT2D eigenvalue weighted by molar-refractivity contribution is -0.385. The number of nitrogens with one attached hydrogen (secondary N) is 1. The first-order valence-electron chi connectivity index (χ1n) is 5.00. The van der Waals surface area contributed by atoms with Gasteiger partial charge in [-0.3, -0.25) is 10.1 Å². The van der Waals surface area contributed by atoms with Crippen LogP contribution in [0.5, 0.6) is 5.75 Å². The predicted octanol–water partition coefficient (Wildman–Crippen LogP) is 1.86. The van der Waals surface area contributed by atoms with E-state index in [0.29, 0.717) is 0 Å². The lowest BCUT2D eigenvalue weighted by Crippen LogP contribution is -2.13. The maximum atomic E-state index is 13.3. The van der Waals surface area contributed by atoms with E-state index < -0.39 is 16.5 Å². The summed E-state index contributed by atoms with van der Waals surface area (Å²) in [5.41, 5.74) is -0.0665. The fraction of sp³-hybridized carbons (Fsp3) is 0.400. The van der Waals surface area contributed by atoms with Crippen LogP contribution in [-0.2, 0) is 0 Å². The first-order chi connectivity index (χ1) is 7.59. The Morgan fingerprint density at radius 2 is 2.31 bits per heavy atom. The zero-order chi connectivity index (χ0) is 11.7. The summed E-state index contributed by atoms with van der Waals surface area (Å²) in [5.74, 6) is -1.44. The second-order valence-electron chi connectivity index (χ2n) is 3.77. The second kappa shape index (κ2) is 4.05. The van der Waals surface area contributed by atoms with Gasteiger partial charge in [0, 0.05) is 17.7 Å². The van der Waals surface area contributed by atoms with E-state index in [-0.39, 0.29) is 17.3 Å². The number of phenols is 1. The highest BCUT2D eigenvalue weighted by Gasteiger charge is 2.24. The average molecular weight is 226 g/mol. The van der Waals surface area contributed by atoms with Gasteiger partial charge in [0.1, 0.15) is 0 Å². The fourth-order valence-corrected chi connectivity index (χ4v) is 1.93. The number of hydrogen-bond acceptors (Lipinski definition) is 4. The minimum atomic E-state index is -0.946. The molecule has 86 valence electrons. The molecule has 0 aromatic heterocycles. The molecule has 0 saturated carbocycles. The van der Waals surface area contributed by atoms with Crippen LogP contribution in [0.4, 0.5) is 10.1 Å². The van der Waals surface area contributed by atoms with Gasteiger partial charge in [-0.2, -0.15) is 0 Å². The van der Waals surface area contributed by atoms with Gasteiger partial charge in [-0.25, -0.2) is 4.39 Å². The van der Waals surface area contributed by atoms with Gasteiger partial charge < -0.3 is 10.4 Å². The summed E-state index contributed by atoms with van der Waals surface area (Å²) < 4.78 is 13.3. The van der Waals surface area contributed by atoms with Gasteiger partial charge in [0.2, 0.25) is 0 Å². The molecule has 5 nitrogen and oxygen atoms in total. The highest BCUT2D eigenvalue weighted by molar-refractivity contribution is 5.46. The van der Waals surface area contributed by atoms with Crippen LogP contribution in [0, 0.1) is 15.9 Å². The van der Waals surface area contributed by atoms with Gasteiger partial charge in [-0.1, -0.05) is 0 Å². The van der Waals surface area contributed by atoms with E-state index in [1.807, 2.05) is 0 Å². The number of nitro groups is 1. The smallest absolute Gasteiger partial charge is 0.272 e. The molecular formula is C10H11FN2O3. The highest BCUT2D eigenvalue weighted by Crippen LogP contribution is 2.34. The molecule has 1 fully saturated rings. The molecule has 16 heavy (non-hydrogen) atoms. The van der Waals surface area contributed by atoms with Crippen LogP contribution < -0.4 is 5.32 Å². The van der Waals surface area contributed by atoms with Gasteiger partial charge in [0.05, 0.1) is 11.0 Å². The molecule has 0 radical (unpaired) electrons. The summed E-state index contributed by atoms with van der Waals surface area (Å²) >= 11 is 0. The molecule has 0 spiro atoms. The van der Waals surface area contributed by atoms with Crippen LogP contribution in [0.25, 0.3) is 0 Å². The average Bonchev–Trinajstić information content (AvgIpc) is 2.74. The summed E-state index contributed by atoms with van der Waals surface area (Å²) in [4.78, 5) is 9.90. The number of nitro benzene ring substituents is 1. The van der Waals surface area contributed by atoms with Crippen LogP contribution in [-0.4, -0.2) is 16.6 Å². The lowest BCUT2D eigenvalue weighted by Gasteiger charge is -2.12. The molecule has 2 N–H and O–H groups in total. The molecule has 1 heterocycles. The van der Waals surface area contributed by atoms with Gasteiger partial charge in [-0.05, 0) is 19.4 Å². The quantitative estimate of drug-likeness (QED) is 0.596. The van der Waals surface area contributed by atoms with Crippen LogP contribution >= 0.6 is 0 Å². The van der Waals surface area contributed by atoms with Crippen LogP contribution in [0.2, 0.25) is 0 Å². The molecule has 1 aliphatic heterocycles. The topological polar surface area (TPSA) is 75.4 Å². The Hall–Kier alpha value is -1.69. The lowest BCUT2D eigenvalue weighted by atomic mass is 10.0. The largest absolute Gasteiger partial charge is 0.505 e. The van der Waals surface area contributed by atoms with Gasteiger partial charge in [-0.15, -0.1) is 0 Å². The van der Waals surface area contributed by atoms with E-state index in [2.05, 4.69) is 5.32 Å². The molecule has 2 rings (SSSR count). The van der Waals surface area contributed by atoms with Gasteiger partial charge in [0.15, 0.2) is 11.6 Å². The summed E-state index contributed by atoms with van der Waals surface area (Å²) in [5, 5.41) is 23.2. The Bertz CT molecular complexity index is 430. The number of non-ortho nitro benzene ring substituents is 1. The fourth-order valence-electron chi connectivity index (χ4n) is 1.93. The molecule has 1 atom stereocenters. The molecule has 1 aromatic rings. The van der Waals surface area contributed by atoms with Crippen molar-refractivity contribution in [1.29, 1.82) is 0 Å². The number of phenolic OH excluding ortho intramolecular Hbond substituents is 1. The number of hydrogen-bond donors (Lipinski definition) is 2. The summed E-state index contributed by atoms with van der Waals surface area (Å²) in [6.07, 6.45) is 1.66. The summed E-state index contributed by atoms with van der Waals surface area (Å²) in [7, 11) is 0. The van der Waals surface area contributed by atoms with Gasteiger partial charge in [0.25, 0.3) is 5.69 Å². The van der Waals surface area contributed by atoms with Crippen molar-refractivity contribution in [3.63, 3.8) is 0 Å². The van der Waals surface area contributed by atoms with E-state index in [4.69, 9.17) is 0 Å². The van der Waals surface area contributed by atoms with Crippen LogP contribution in [0.3, 0.4) is 0 Å². The van der Waals surface area contributed by atoms with Crippen molar-refractivity contribution in [3.05, 3.63) is 33.6 Å². The molecular weight excluding hydrogens is 215 g/mol. The van der Waals surface area contributed by atoms with E-state index in [1.165, 1.54) is 6.07 Å². The molecule has 1 aromatic carbocycles. The van der Waals surface area contributed by atoms with Crippen molar-refractivity contribution in [2.45, 2.75) is 18.9 Å². The SMILES string of the molecule is O=[N+]([O-])c1cc(F)c(O)c(C2CCCN2)c1. The Morgan fingerprint density at radius 3 is 2.88 bits per heavy atom. The Balaban J connectivity index is 2.45. The minimum absolute atomic E-state index is 0.200. The number of nitrogens with zero attached hydrogens (tertiary/aromatic N) is 1. The maximum Gasteiger partial charge on any atom is 0.272 e. The number of aromatic hydroxyl groups is 1. The van der Waals surface area contributed by atoms with E-state index in [1.54, 1.807) is 0 Å². The first-order valence-corrected chi connectivity index (χ1v) is 5.00. The molecule has 1 saturated heterocycles.